The fourth-order valence-corrected chi connectivity index (χ4v) is 6.94. The zero-order valence-corrected chi connectivity index (χ0v) is 20.6. The number of amides is 2. The van der Waals surface area contributed by atoms with Crippen LogP contribution in [0.15, 0.2) is 24.3 Å². The Bertz CT molecular complexity index is 1240. The van der Waals surface area contributed by atoms with Crippen LogP contribution < -0.4 is 0 Å². The molecule has 4 heterocycles. The third-order valence-electron chi connectivity index (χ3n) is 8.27. The summed E-state index contributed by atoms with van der Waals surface area (Å²) >= 11 is 1.75. The number of hydrogen-bond acceptors (Lipinski definition) is 5. The van der Waals surface area contributed by atoms with Crippen LogP contribution in [0.3, 0.4) is 0 Å². The van der Waals surface area contributed by atoms with Crippen LogP contribution in [0, 0.1) is 19.3 Å². The highest BCUT2D eigenvalue weighted by Crippen LogP contribution is 2.56. The minimum absolute atomic E-state index is 0.214. The number of urea groups is 1. The molecular weight excluding hydrogens is 444 g/mol. The molecule has 1 spiro atoms. The second-order valence-corrected chi connectivity index (χ2v) is 12.4. The molecule has 0 bridgehead atoms. The maximum atomic E-state index is 12.9. The summed E-state index contributed by atoms with van der Waals surface area (Å²) in [6.07, 6.45) is 4.75. The number of H-pyrrole nitrogens is 1. The van der Waals surface area contributed by atoms with Gasteiger partial charge in [-0.15, -0.1) is 21.5 Å². The molecule has 2 saturated carbocycles. The summed E-state index contributed by atoms with van der Waals surface area (Å²) in [5, 5.41) is 9.84. The number of thiazole rings is 1. The number of aromatic nitrogens is 4. The first-order valence-corrected chi connectivity index (χ1v) is 13.3. The first kappa shape index (κ1) is 20.6. The molecule has 176 valence electrons. The third kappa shape index (κ3) is 3.37. The number of benzene rings is 1. The normalized spacial score (nSPS) is 21.9. The maximum absolute atomic E-state index is 12.9. The zero-order chi connectivity index (χ0) is 23.0. The number of aromatic amines is 1. The van der Waals surface area contributed by atoms with Crippen molar-refractivity contribution in [1.82, 2.24) is 30.0 Å². The highest BCUT2D eigenvalue weighted by Gasteiger charge is 2.56. The fraction of sp³-hybridized carbons (Fsp3) is 0.538. The van der Waals surface area contributed by atoms with Crippen LogP contribution in [0.2, 0.25) is 0 Å². The van der Waals surface area contributed by atoms with Gasteiger partial charge in [-0.2, -0.15) is 0 Å². The Labute approximate surface area is 203 Å². The van der Waals surface area contributed by atoms with Gasteiger partial charge in [0.2, 0.25) is 0 Å². The van der Waals surface area contributed by atoms with Gasteiger partial charge in [0.1, 0.15) is 11.6 Å². The molecule has 34 heavy (non-hydrogen) atoms. The second-order valence-electron chi connectivity index (χ2n) is 11.0. The first-order chi connectivity index (χ1) is 16.5. The molecule has 4 fully saturated rings. The average Bonchev–Trinajstić information content (AvgIpc) is 3.37. The first-order valence-electron chi connectivity index (χ1n) is 12.5. The second kappa shape index (κ2) is 7.38. The van der Waals surface area contributed by atoms with E-state index in [1.165, 1.54) is 28.8 Å². The average molecular weight is 475 g/mol. The Hall–Kier alpha value is -2.74. The van der Waals surface area contributed by atoms with E-state index in [-0.39, 0.29) is 6.03 Å². The third-order valence-corrected chi connectivity index (χ3v) is 9.15. The zero-order valence-electron chi connectivity index (χ0n) is 19.8. The predicted molar refractivity (Wildman–Crippen MR) is 131 cm³/mol. The van der Waals surface area contributed by atoms with Crippen molar-refractivity contribution in [2.75, 3.05) is 26.2 Å². The van der Waals surface area contributed by atoms with Gasteiger partial charge in [-0.1, -0.05) is 24.3 Å². The van der Waals surface area contributed by atoms with E-state index >= 15 is 0 Å². The molecule has 1 N–H and O–H groups in total. The van der Waals surface area contributed by atoms with E-state index in [9.17, 15) is 4.79 Å². The molecule has 0 unspecified atom stereocenters. The van der Waals surface area contributed by atoms with Crippen molar-refractivity contribution in [3.05, 3.63) is 51.4 Å². The van der Waals surface area contributed by atoms with Crippen molar-refractivity contribution >= 4 is 17.4 Å². The Morgan fingerprint density at radius 2 is 1.65 bits per heavy atom. The molecule has 2 aliphatic heterocycles. The standard InChI is InChI=1S/C26H30N6OS/c1-15-22(27-16(2)34-15)18-5-3-17(4-6-18)21-11-31(12-21)25(33)32-13-26(14-32)9-20(10-26)24-28-23(29-30-24)19-7-8-19/h3-6,19-21H,7-14H2,1-2H3,(H,28,29,30). The van der Waals surface area contributed by atoms with E-state index < -0.39 is 0 Å². The van der Waals surface area contributed by atoms with Crippen LogP contribution in [0.1, 0.15) is 70.5 Å². The lowest BCUT2D eigenvalue weighted by Gasteiger charge is -2.59. The Kier molecular flexibility index (Phi) is 4.47. The minimum Gasteiger partial charge on any atom is -0.328 e. The number of aryl methyl sites for hydroxylation is 2. The van der Waals surface area contributed by atoms with Crippen molar-refractivity contribution in [1.29, 1.82) is 0 Å². The van der Waals surface area contributed by atoms with E-state index in [4.69, 9.17) is 0 Å². The number of carbonyl (C=O) groups is 1. The molecule has 1 aromatic carbocycles. The summed E-state index contributed by atoms with van der Waals surface area (Å²) in [5.74, 6) is 3.69. The highest BCUT2D eigenvalue weighted by atomic mass is 32.1. The van der Waals surface area contributed by atoms with Crippen LogP contribution in [-0.4, -0.2) is 62.2 Å². The number of rotatable bonds is 4. The number of hydrogen-bond donors (Lipinski definition) is 1. The molecule has 2 amide bonds. The molecule has 0 atom stereocenters. The van der Waals surface area contributed by atoms with Crippen LogP contribution in [0.25, 0.3) is 11.3 Å². The maximum Gasteiger partial charge on any atom is 0.320 e. The molecule has 0 radical (unpaired) electrons. The Morgan fingerprint density at radius 3 is 2.26 bits per heavy atom. The lowest BCUT2D eigenvalue weighted by Crippen LogP contribution is -2.67. The number of likely N-dealkylation sites (tertiary alicyclic amines) is 2. The summed E-state index contributed by atoms with van der Waals surface area (Å²) in [4.78, 5) is 26.4. The summed E-state index contributed by atoms with van der Waals surface area (Å²) in [6, 6.07) is 8.99. The lowest BCUT2D eigenvalue weighted by atomic mass is 9.57. The largest absolute Gasteiger partial charge is 0.328 e. The topological polar surface area (TPSA) is 78.0 Å². The Balaban J connectivity index is 0.898. The molecule has 2 aliphatic carbocycles. The smallest absolute Gasteiger partial charge is 0.320 e. The van der Waals surface area contributed by atoms with Gasteiger partial charge < -0.3 is 14.8 Å². The van der Waals surface area contributed by atoms with E-state index in [2.05, 4.69) is 58.3 Å². The van der Waals surface area contributed by atoms with Gasteiger partial charge in [0.05, 0.1) is 10.7 Å². The fourth-order valence-electron chi connectivity index (χ4n) is 6.10. The minimum atomic E-state index is 0.214. The van der Waals surface area contributed by atoms with E-state index in [0.29, 0.717) is 23.2 Å². The molecule has 3 aromatic rings. The molecule has 2 saturated heterocycles. The molecular formula is C26H30N6OS. The SMILES string of the molecule is Cc1nc(-c2ccc(C3CN(C(=O)N4CC5(CC(c6nnc(C7CC7)[nH]6)C5)C4)C3)cc2)c(C)s1. The summed E-state index contributed by atoms with van der Waals surface area (Å²) in [5.41, 5.74) is 3.91. The number of nitrogens with zero attached hydrogens (tertiary/aromatic N) is 5. The number of carbonyl (C=O) groups excluding carboxylic acids is 1. The van der Waals surface area contributed by atoms with Gasteiger partial charge in [-0.05, 0) is 45.1 Å². The van der Waals surface area contributed by atoms with Gasteiger partial charge in [0.25, 0.3) is 0 Å². The van der Waals surface area contributed by atoms with E-state index in [0.717, 1.165) is 61.4 Å². The van der Waals surface area contributed by atoms with E-state index in [1.54, 1.807) is 11.3 Å². The molecule has 8 heteroatoms. The molecule has 4 aliphatic rings. The quantitative estimate of drug-likeness (QED) is 0.588. The molecule has 7 nitrogen and oxygen atoms in total. The summed E-state index contributed by atoms with van der Waals surface area (Å²) in [7, 11) is 0. The highest BCUT2D eigenvalue weighted by molar-refractivity contribution is 7.11. The van der Waals surface area contributed by atoms with Crippen molar-refractivity contribution in [3.63, 3.8) is 0 Å². The van der Waals surface area contributed by atoms with Gasteiger partial charge in [-0.25, -0.2) is 9.78 Å². The molecule has 7 rings (SSSR count). The molecule has 2 aromatic heterocycles. The van der Waals surface area contributed by atoms with Crippen molar-refractivity contribution < 1.29 is 4.79 Å². The Morgan fingerprint density at radius 1 is 0.971 bits per heavy atom. The van der Waals surface area contributed by atoms with Crippen molar-refractivity contribution in [3.8, 4) is 11.3 Å². The van der Waals surface area contributed by atoms with Gasteiger partial charge in [-0.3, -0.25) is 0 Å². The van der Waals surface area contributed by atoms with E-state index in [1.807, 2.05) is 9.80 Å². The van der Waals surface area contributed by atoms with Crippen LogP contribution >= 0.6 is 11.3 Å². The predicted octanol–water partition coefficient (Wildman–Crippen LogP) is 4.82. The van der Waals surface area contributed by atoms with Gasteiger partial charge in [0.15, 0.2) is 0 Å². The number of nitrogens with one attached hydrogen (secondary N) is 1. The summed E-state index contributed by atoms with van der Waals surface area (Å²) < 4.78 is 0. The monoisotopic (exact) mass is 474 g/mol. The van der Waals surface area contributed by atoms with Gasteiger partial charge >= 0.3 is 6.03 Å². The van der Waals surface area contributed by atoms with Crippen LogP contribution in [0.5, 0.6) is 0 Å². The lowest BCUT2D eigenvalue weighted by molar-refractivity contribution is -0.0601. The van der Waals surface area contributed by atoms with Crippen molar-refractivity contribution in [2.45, 2.75) is 57.3 Å². The van der Waals surface area contributed by atoms with Crippen LogP contribution in [-0.2, 0) is 0 Å². The van der Waals surface area contributed by atoms with Gasteiger partial charge in [0, 0.05) is 59.8 Å². The van der Waals surface area contributed by atoms with Crippen LogP contribution in [0.4, 0.5) is 4.79 Å². The summed E-state index contributed by atoms with van der Waals surface area (Å²) in [6.45, 7) is 7.62. The van der Waals surface area contributed by atoms with Crippen molar-refractivity contribution in [2.24, 2.45) is 5.41 Å².